The van der Waals surface area contributed by atoms with Crippen LogP contribution in [0.4, 0.5) is 5.69 Å². The van der Waals surface area contributed by atoms with Gasteiger partial charge in [-0.05, 0) is 35.6 Å². The number of rotatable bonds is 5. The predicted molar refractivity (Wildman–Crippen MR) is 79.0 cm³/mol. The van der Waals surface area contributed by atoms with Crippen LogP contribution in [-0.4, -0.2) is 0 Å². The summed E-state index contributed by atoms with van der Waals surface area (Å²) in [7, 11) is 0. The minimum absolute atomic E-state index is 0.890. The molecule has 0 fully saturated rings. The summed E-state index contributed by atoms with van der Waals surface area (Å²) in [4.78, 5) is 0. The third-order valence-electron chi connectivity index (χ3n) is 3.31. The van der Waals surface area contributed by atoms with E-state index in [4.69, 9.17) is 0 Å². The van der Waals surface area contributed by atoms with Gasteiger partial charge in [0.15, 0.2) is 0 Å². The number of anilines is 1. The maximum absolute atomic E-state index is 3.52. The van der Waals surface area contributed by atoms with E-state index in [0.717, 1.165) is 19.4 Å². The molecule has 0 aromatic heterocycles. The largest absolute Gasteiger partial charge is 0.381 e. The van der Waals surface area contributed by atoms with Crippen molar-refractivity contribution in [2.24, 2.45) is 0 Å². The van der Waals surface area contributed by atoms with Gasteiger partial charge in [0.25, 0.3) is 0 Å². The van der Waals surface area contributed by atoms with E-state index in [1.165, 1.54) is 22.4 Å². The second-order valence-electron chi connectivity index (χ2n) is 4.53. The van der Waals surface area contributed by atoms with Gasteiger partial charge < -0.3 is 5.32 Å². The van der Waals surface area contributed by atoms with E-state index in [1.807, 2.05) is 0 Å². The summed E-state index contributed by atoms with van der Waals surface area (Å²) in [6.07, 6.45) is 2.17. The molecule has 0 amide bonds. The number of hydrogen-bond acceptors (Lipinski definition) is 1. The van der Waals surface area contributed by atoms with Crippen molar-refractivity contribution in [3.05, 3.63) is 65.2 Å². The van der Waals surface area contributed by atoms with E-state index in [1.54, 1.807) is 0 Å². The zero-order valence-electron chi connectivity index (χ0n) is 11.2. The zero-order chi connectivity index (χ0) is 12.8. The molecule has 0 aliphatic heterocycles. The van der Waals surface area contributed by atoms with Crippen LogP contribution in [-0.2, 0) is 19.4 Å². The SMILES string of the molecule is CCc1ccc(CNc2ccccc2CC)cc1. The third-order valence-corrected chi connectivity index (χ3v) is 3.31. The Morgan fingerprint density at radius 1 is 0.778 bits per heavy atom. The average Bonchev–Trinajstić information content (AvgIpc) is 2.46. The molecule has 0 aliphatic carbocycles. The molecule has 18 heavy (non-hydrogen) atoms. The fraction of sp³-hybridized carbons (Fsp3) is 0.294. The Morgan fingerprint density at radius 2 is 1.44 bits per heavy atom. The number of nitrogens with one attached hydrogen (secondary N) is 1. The van der Waals surface area contributed by atoms with Crippen LogP contribution in [0.25, 0.3) is 0 Å². The molecule has 1 N–H and O–H groups in total. The monoisotopic (exact) mass is 239 g/mol. The first-order valence-corrected chi connectivity index (χ1v) is 6.73. The third kappa shape index (κ3) is 3.13. The number of benzene rings is 2. The predicted octanol–water partition coefficient (Wildman–Crippen LogP) is 4.42. The number of aryl methyl sites for hydroxylation is 2. The number of hydrogen-bond donors (Lipinski definition) is 1. The van der Waals surface area contributed by atoms with Gasteiger partial charge in [-0.3, -0.25) is 0 Å². The lowest BCUT2D eigenvalue weighted by Gasteiger charge is -2.11. The van der Waals surface area contributed by atoms with E-state index >= 15 is 0 Å². The minimum atomic E-state index is 0.890. The fourth-order valence-electron chi connectivity index (χ4n) is 2.09. The Labute approximate surface area is 110 Å². The normalized spacial score (nSPS) is 10.3. The maximum atomic E-state index is 3.52. The molecule has 0 saturated carbocycles. The molecule has 2 rings (SSSR count). The average molecular weight is 239 g/mol. The van der Waals surface area contributed by atoms with Gasteiger partial charge in [-0.2, -0.15) is 0 Å². The molecule has 1 nitrogen and oxygen atoms in total. The lowest BCUT2D eigenvalue weighted by atomic mass is 10.1. The van der Waals surface area contributed by atoms with Crippen LogP contribution in [0.3, 0.4) is 0 Å². The first kappa shape index (κ1) is 12.7. The highest BCUT2D eigenvalue weighted by Crippen LogP contribution is 2.16. The summed E-state index contributed by atoms with van der Waals surface area (Å²) < 4.78 is 0. The van der Waals surface area contributed by atoms with Crippen molar-refractivity contribution in [1.29, 1.82) is 0 Å². The molecule has 0 unspecified atom stereocenters. The molecule has 0 heterocycles. The molecule has 94 valence electrons. The zero-order valence-corrected chi connectivity index (χ0v) is 11.2. The van der Waals surface area contributed by atoms with Crippen LogP contribution in [0.15, 0.2) is 48.5 Å². The summed E-state index contributed by atoms with van der Waals surface area (Å²) in [6, 6.07) is 17.4. The van der Waals surface area contributed by atoms with E-state index in [9.17, 15) is 0 Å². The second-order valence-corrected chi connectivity index (χ2v) is 4.53. The Morgan fingerprint density at radius 3 is 2.11 bits per heavy atom. The molecule has 0 aliphatic rings. The van der Waals surface area contributed by atoms with Crippen molar-refractivity contribution in [2.45, 2.75) is 33.2 Å². The quantitative estimate of drug-likeness (QED) is 0.814. The van der Waals surface area contributed by atoms with Crippen LogP contribution in [0.2, 0.25) is 0 Å². The van der Waals surface area contributed by atoms with Crippen LogP contribution >= 0.6 is 0 Å². The topological polar surface area (TPSA) is 12.0 Å². The molecule has 2 aromatic rings. The van der Waals surface area contributed by atoms with Crippen molar-refractivity contribution in [3.8, 4) is 0 Å². The van der Waals surface area contributed by atoms with Gasteiger partial charge in [-0.15, -0.1) is 0 Å². The first-order chi connectivity index (χ1) is 8.83. The van der Waals surface area contributed by atoms with E-state index in [2.05, 4.69) is 67.7 Å². The Balaban J connectivity index is 2.02. The van der Waals surface area contributed by atoms with Gasteiger partial charge in [-0.1, -0.05) is 56.3 Å². The Hall–Kier alpha value is -1.76. The van der Waals surface area contributed by atoms with Crippen LogP contribution < -0.4 is 5.32 Å². The van der Waals surface area contributed by atoms with Crippen molar-refractivity contribution in [2.75, 3.05) is 5.32 Å². The Bertz CT molecular complexity index is 485. The lowest BCUT2D eigenvalue weighted by molar-refractivity contribution is 1.08. The minimum Gasteiger partial charge on any atom is -0.381 e. The summed E-state index contributed by atoms with van der Waals surface area (Å²) >= 11 is 0. The van der Waals surface area contributed by atoms with E-state index < -0.39 is 0 Å². The van der Waals surface area contributed by atoms with E-state index in [-0.39, 0.29) is 0 Å². The number of para-hydroxylation sites is 1. The lowest BCUT2D eigenvalue weighted by Crippen LogP contribution is -2.02. The molecular weight excluding hydrogens is 218 g/mol. The summed E-state index contributed by atoms with van der Waals surface area (Å²) in [6.45, 7) is 5.27. The highest BCUT2D eigenvalue weighted by molar-refractivity contribution is 5.51. The molecule has 0 spiro atoms. The van der Waals surface area contributed by atoms with Crippen molar-refractivity contribution in [3.63, 3.8) is 0 Å². The highest BCUT2D eigenvalue weighted by Gasteiger charge is 1.99. The molecule has 0 atom stereocenters. The molecule has 0 saturated heterocycles. The molecule has 1 heteroatoms. The maximum Gasteiger partial charge on any atom is 0.0400 e. The second kappa shape index (κ2) is 6.25. The van der Waals surface area contributed by atoms with Gasteiger partial charge >= 0.3 is 0 Å². The fourth-order valence-corrected chi connectivity index (χ4v) is 2.09. The molecule has 2 aromatic carbocycles. The van der Waals surface area contributed by atoms with Crippen LogP contribution in [0.1, 0.15) is 30.5 Å². The highest BCUT2D eigenvalue weighted by atomic mass is 14.9. The van der Waals surface area contributed by atoms with Gasteiger partial charge in [0.2, 0.25) is 0 Å². The first-order valence-electron chi connectivity index (χ1n) is 6.73. The van der Waals surface area contributed by atoms with Crippen LogP contribution in [0.5, 0.6) is 0 Å². The summed E-state index contributed by atoms with van der Waals surface area (Å²) in [5, 5.41) is 3.52. The molecule has 0 bridgehead atoms. The molecular formula is C17H21N. The van der Waals surface area contributed by atoms with Crippen LogP contribution in [0, 0.1) is 0 Å². The summed E-state index contributed by atoms with van der Waals surface area (Å²) in [5.74, 6) is 0. The van der Waals surface area contributed by atoms with Gasteiger partial charge in [0, 0.05) is 12.2 Å². The van der Waals surface area contributed by atoms with Gasteiger partial charge in [-0.25, -0.2) is 0 Å². The van der Waals surface area contributed by atoms with Crippen molar-refractivity contribution >= 4 is 5.69 Å². The molecule has 0 radical (unpaired) electrons. The van der Waals surface area contributed by atoms with E-state index in [0.29, 0.717) is 0 Å². The standard InChI is InChI=1S/C17H21N/c1-3-14-9-11-15(12-10-14)13-18-17-8-6-5-7-16(17)4-2/h5-12,18H,3-4,13H2,1-2H3. The van der Waals surface area contributed by atoms with Gasteiger partial charge in [0.05, 0.1) is 0 Å². The Kier molecular flexibility index (Phi) is 4.40. The van der Waals surface area contributed by atoms with Crippen molar-refractivity contribution in [1.82, 2.24) is 0 Å². The smallest absolute Gasteiger partial charge is 0.0400 e. The summed E-state index contributed by atoms with van der Waals surface area (Å²) in [5.41, 5.74) is 5.35. The van der Waals surface area contributed by atoms with Crippen molar-refractivity contribution < 1.29 is 0 Å². The van der Waals surface area contributed by atoms with Gasteiger partial charge in [0.1, 0.15) is 0 Å².